The first-order valence-corrected chi connectivity index (χ1v) is 13.0. The summed E-state index contributed by atoms with van der Waals surface area (Å²) in [6.45, 7) is 4.68. The molecule has 2 heterocycles. The van der Waals surface area contributed by atoms with E-state index >= 15 is 0 Å². The van der Waals surface area contributed by atoms with Crippen LogP contribution in [0.5, 0.6) is 0 Å². The molecule has 8 heteroatoms. The lowest BCUT2D eigenvalue weighted by molar-refractivity contribution is -0.138. The van der Waals surface area contributed by atoms with Crippen LogP contribution in [-0.4, -0.2) is 39.5 Å². The minimum atomic E-state index is -0.699. The molecule has 0 bridgehead atoms. The van der Waals surface area contributed by atoms with Crippen LogP contribution >= 0.6 is 0 Å². The number of aryl methyl sites for hydroxylation is 1. The number of amides is 1. The molecule has 2 N–H and O–H groups in total. The first kappa shape index (κ1) is 24.9. The number of hydrogen-bond donors (Lipinski definition) is 2. The van der Waals surface area contributed by atoms with Crippen molar-refractivity contribution in [3.63, 3.8) is 0 Å². The van der Waals surface area contributed by atoms with Gasteiger partial charge >= 0.3 is 12.1 Å². The van der Waals surface area contributed by atoms with Crippen LogP contribution in [0.4, 0.5) is 16.3 Å². The number of piperidine rings is 1. The molecule has 1 saturated heterocycles. The third kappa shape index (κ3) is 5.48. The van der Waals surface area contributed by atoms with Gasteiger partial charge in [0.2, 0.25) is 0 Å². The monoisotopic (exact) mass is 502 g/mol. The lowest BCUT2D eigenvalue weighted by Gasteiger charge is -2.42. The van der Waals surface area contributed by atoms with E-state index in [1.807, 2.05) is 62.5 Å². The van der Waals surface area contributed by atoms with Crippen molar-refractivity contribution in [3.8, 4) is 5.69 Å². The van der Waals surface area contributed by atoms with Crippen molar-refractivity contribution < 1.29 is 19.4 Å². The molecule has 2 aliphatic rings. The highest BCUT2D eigenvalue weighted by Gasteiger charge is 2.53. The molecular formula is C29H34N4O4. The number of rotatable bonds is 8. The van der Waals surface area contributed by atoms with Gasteiger partial charge in [-0.1, -0.05) is 30.3 Å². The summed E-state index contributed by atoms with van der Waals surface area (Å²) in [7, 11) is 0. The number of carbonyl (C=O) groups is 2. The van der Waals surface area contributed by atoms with Gasteiger partial charge in [-0.25, -0.2) is 9.48 Å². The van der Waals surface area contributed by atoms with Crippen molar-refractivity contribution in [2.75, 3.05) is 16.8 Å². The highest BCUT2D eigenvalue weighted by atomic mass is 16.6. The van der Waals surface area contributed by atoms with E-state index < -0.39 is 12.1 Å². The van der Waals surface area contributed by atoms with E-state index in [1.54, 1.807) is 4.68 Å². The van der Waals surface area contributed by atoms with E-state index in [1.165, 1.54) is 0 Å². The Hall–Kier alpha value is -3.81. The summed E-state index contributed by atoms with van der Waals surface area (Å²) >= 11 is 0. The fraction of sp³-hybridized carbons (Fsp3) is 0.414. The fourth-order valence-electron chi connectivity index (χ4n) is 5.56. The molecule has 0 radical (unpaired) electrons. The van der Waals surface area contributed by atoms with Crippen molar-refractivity contribution >= 4 is 23.6 Å². The number of hydrogen-bond acceptors (Lipinski definition) is 5. The molecular weight excluding hydrogens is 468 g/mol. The summed E-state index contributed by atoms with van der Waals surface area (Å²) in [5.41, 5.74) is 3.66. The summed E-state index contributed by atoms with van der Waals surface area (Å²) in [6, 6.07) is 18.1. The van der Waals surface area contributed by atoms with Gasteiger partial charge in [0, 0.05) is 35.4 Å². The molecule has 5 rings (SSSR count). The zero-order chi connectivity index (χ0) is 26.0. The van der Waals surface area contributed by atoms with Gasteiger partial charge in [-0.3, -0.25) is 10.1 Å². The van der Waals surface area contributed by atoms with Crippen molar-refractivity contribution in [1.82, 2.24) is 9.78 Å². The maximum Gasteiger partial charge on any atom is 0.413 e. The van der Waals surface area contributed by atoms with E-state index in [-0.39, 0.29) is 24.0 Å². The van der Waals surface area contributed by atoms with E-state index in [2.05, 4.69) is 27.4 Å². The average Bonchev–Trinajstić information content (AvgIpc) is 3.58. The van der Waals surface area contributed by atoms with Crippen LogP contribution in [0.15, 0.2) is 60.8 Å². The number of aliphatic carboxylic acids is 1. The smallest absolute Gasteiger partial charge is 0.413 e. The van der Waals surface area contributed by atoms with E-state index in [9.17, 15) is 14.7 Å². The van der Waals surface area contributed by atoms with E-state index in [0.29, 0.717) is 5.82 Å². The molecule has 2 fully saturated rings. The largest absolute Gasteiger partial charge is 0.481 e. The summed E-state index contributed by atoms with van der Waals surface area (Å²) < 4.78 is 7.26. The Kier molecular flexibility index (Phi) is 6.91. The summed E-state index contributed by atoms with van der Waals surface area (Å²) in [4.78, 5) is 26.4. The normalized spacial score (nSPS) is 19.2. The number of carbonyl (C=O) groups excluding carboxylic acids is 1. The van der Waals surface area contributed by atoms with E-state index in [4.69, 9.17) is 4.74 Å². The van der Waals surface area contributed by atoms with Gasteiger partial charge in [0.15, 0.2) is 5.82 Å². The van der Waals surface area contributed by atoms with Crippen LogP contribution in [0.3, 0.4) is 0 Å². The van der Waals surface area contributed by atoms with Crippen LogP contribution in [0.25, 0.3) is 5.69 Å². The number of nitrogens with one attached hydrogen (secondary N) is 1. The minimum absolute atomic E-state index is 0.0861. The zero-order valence-electron chi connectivity index (χ0n) is 21.4. The number of carboxylic acids is 1. The Morgan fingerprint density at radius 2 is 1.81 bits per heavy atom. The van der Waals surface area contributed by atoms with Gasteiger partial charge in [-0.15, -0.1) is 5.10 Å². The molecule has 37 heavy (non-hydrogen) atoms. The molecule has 1 aliphatic heterocycles. The summed E-state index contributed by atoms with van der Waals surface area (Å²) in [5.74, 6) is -0.245. The summed E-state index contributed by atoms with van der Waals surface area (Å²) in [6.07, 6.45) is 6.50. The Morgan fingerprint density at radius 1 is 1.11 bits per heavy atom. The van der Waals surface area contributed by atoms with Gasteiger partial charge in [-0.05, 0) is 75.8 Å². The van der Waals surface area contributed by atoms with Crippen LogP contribution in [0, 0.1) is 12.3 Å². The number of benzene rings is 2. The van der Waals surface area contributed by atoms with Crippen molar-refractivity contribution in [3.05, 3.63) is 71.9 Å². The Bertz CT molecular complexity index is 1250. The molecule has 1 aromatic heterocycles. The SMILES string of the molecule is Cc1cn(-c2ccc(N3CCCCC3C3(CC(=O)O)CC3)cc2)nc1NC(=O)OC(C)c1ccccc1. The molecule has 1 aliphatic carbocycles. The number of ether oxygens (including phenoxy) is 1. The average molecular weight is 503 g/mol. The number of nitrogens with zero attached hydrogens (tertiary/aromatic N) is 3. The Morgan fingerprint density at radius 3 is 2.49 bits per heavy atom. The Balaban J connectivity index is 1.26. The second-order valence-corrected chi connectivity index (χ2v) is 10.3. The third-order valence-corrected chi connectivity index (χ3v) is 7.72. The molecule has 1 saturated carbocycles. The highest BCUT2D eigenvalue weighted by molar-refractivity contribution is 5.84. The van der Waals surface area contributed by atoms with Gasteiger partial charge < -0.3 is 14.7 Å². The van der Waals surface area contributed by atoms with Crippen LogP contribution < -0.4 is 10.2 Å². The third-order valence-electron chi connectivity index (χ3n) is 7.72. The number of aromatic nitrogens is 2. The second kappa shape index (κ2) is 10.3. The van der Waals surface area contributed by atoms with E-state index in [0.717, 1.165) is 61.2 Å². The first-order valence-electron chi connectivity index (χ1n) is 13.0. The standard InChI is InChI=1S/C29H34N4O4/c1-20-19-33(31-27(20)30-28(36)37-21(2)22-8-4-3-5-9-22)24-13-11-23(12-14-24)32-17-7-6-10-25(32)29(15-16-29)18-26(34)35/h3-5,8-9,11-14,19,21,25H,6-7,10,15-18H2,1-2H3,(H,34,35)(H,30,31,36). The van der Waals surface area contributed by atoms with Gasteiger partial charge in [0.1, 0.15) is 6.10 Å². The van der Waals surface area contributed by atoms with Gasteiger partial charge in [-0.2, -0.15) is 0 Å². The van der Waals surface area contributed by atoms with Crippen molar-refractivity contribution in [2.24, 2.45) is 5.41 Å². The molecule has 194 valence electrons. The molecule has 8 nitrogen and oxygen atoms in total. The van der Waals surface area contributed by atoms with Crippen LogP contribution in [0.2, 0.25) is 0 Å². The van der Waals surface area contributed by atoms with Crippen LogP contribution in [0.1, 0.15) is 62.7 Å². The molecule has 1 amide bonds. The lowest BCUT2D eigenvalue weighted by atomic mass is 9.84. The maximum absolute atomic E-state index is 12.5. The fourth-order valence-corrected chi connectivity index (χ4v) is 5.56. The molecule has 3 aromatic rings. The molecule has 2 unspecified atom stereocenters. The molecule has 2 atom stereocenters. The lowest BCUT2D eigenvalue weighted by Crippen LogP contribution is -2.46. The predicted molar refractivity (Wildman–Crippen MR) is 142 cm³/mol. The predicted octanol–water partition coefficient (Wildman–Crippen LogP) is 6.10. The number of carboxylic acid groups (broad SMARTS) is 1. The highest BCUT2D eigenvalue weighted by Crippen LogP contribution is 2.56. The quantitative estimate of drug-likeness (QED) is 0.386. The molecule has 2 aromatic carbocycles. The minimum Gasteiger partial charge on any atom is -0.481 e. The topological polar surface area (TPSA) is 96.7 Å². The zero-order valence-corrected chi connectivity index (χ0v) is 21.4. The van der Waals surface area contributed by atoms with Crippen molar-refractivity contribution in [2.45, 2.75) is 64.5 Å². The first-order chi connectivity index (χ1) is 17.8. The molecule has 0 spiro atoms. The Labute approximate surface area is 217 Å². The maximum atomic E-state index is 12.5. The van der Waals surface area contributed by atoms with Crippen molar-refractivity contribution in [1.29, 1.82) is 0 Å². The second-order valence-electron chi connectivity index (χ2n) is 10.3. The van der Waals surface area contributed by atoms with Gasteiger partial charge in [0.05, 0.1) is 12.1 Å². The van der Waals surface area contributed by atoms with Gasteiger partial charge in [0.25, 0.3) is 0 Å². The van der Waals surface area contributed by atoms with Crippen LogP contribution in [-0.2, 0) is 9.53 Å². The summed E-state index contributed by atoms with van der Waals surface area (Å²) in [5, 5.41) is 16.8. The number of anilines is 2.